The van der Waals surface area contributed by atoms with Gasteiger partial charge in [0, 0.05) is 32.1 Å². The lowest BCUT2D eigenvalue weighted by molar-refractivity contribution is -0.123. The molecule has 1 saturated heterocycles. The van der Waals surface area contributed by atoms with Crippen molar-refractivity contribution >= 4 is 5.78 Å². The number of hydrogen-bond donors (Lipinski definition) is 0. The first-order valence-corrected chi connectivity index (χ1v) is 6.11. The van der Waals surface area contributed by atoms with Crippen LogP contribution in [-0.2, 0) is 4.79 Å². The third kappa shape index (κ3) is 4.31. The van der Waals surface area contributed by atoms with Gasteiger partial charge in [0.2, 0.25) is 0 Å². The third-order valence-electron chi connectivity index (χ3n) is 3.03. The van der Waals surface area contributed by atoms with Crippen LogP contribution in [0.25, 0.3) is 0 Å². The lowest BCUT2D eigenvalue weighted by atomic mass is 10.1. The molecule has 0 unspecified atom stereocenters. The Morgan fingerprint density at radius 1 is 1.13 bits per heavy atom. The SMILES string of the molecule is CCCN1CCN(CC(=O)C(C)C)CC1. The molecule has 1 rings (SSSR count). The van der Waals surface area contributed by atoms with E-state index in [1.54, 1.807) is 0 Å². The number of rotatable bonds is 5. The number of Topliss-reactive ketones (excluding diaryl/α,β-unsaturated/α-hetero) is 1. The Bertz CT molecular complexity index is 196. The highest BCUT2D eigenvalue weighted by Gasteiger charge is 2.19. The Labute approximate surface area is 93.4 Å². The molecule has 15 heavy (non-hydrogen) atoms. The van der Waals surface area contributed by atoms with Crippen LogP contribution in [-0.4, -0.2) is 54.9 Å². The number of ketones is 1. The van der Waals surface area contributed by atoms with E-state index in [0.717, 1.165) is 26.2 Å². The number of nitrogens with zero attached hydrogens (tertiary/aromatic N) is 2. The van der Waals surface area contributed by atoms with E-state index in [1.807, 2.05) is 13.8 Å². The molecule has 0 saturated carbocycles. The fourth-order valence-electron chi connectivity index (χ4n) is 1.89. The zero-order valence-electron chi connectivity index (χ0n) is 10.3. The molecule has 1 heterocycles. The predicted octanol–water partition coefficient (Wildman–Crippen LogP) is 1.24. The summed E-state index contributed by atoms with van der Waals surface area (Å²) in [4.78, 5) is 16.3. The Balaban J connectivity index is 2.22. The van der Waals surface area contributed by atoms with Crippen LogP contribution in [0.5, 0.6) is 0 Å². The van der Waals surface area contributed by atoms with Crippen molar-refractivity contribution in [2.24, 2.45) is 5.92 Å². The van der Waals surface area contributed by atoms with E-state index < -0.39 is 0 Å². The van der Waals surface area contributed by atoms with Crippen molar-refractivity contribution in [3.63, 3.8) is 0 Å². The monoisotopic (exact) mass is 212 g/mol. The summed E-state index contributed by atoms with van der Waals surface area (Å²) in [6.07, 6.45) is 1.23. The van der Waals surface area contributed by atoms with E-state index in [9.17, 15) is 4.79 Å². The third-order valence-corrected chi connectivity index (χ3v) is 3.03. The van der Waals surface area contributed by atoms with Crippen LogP contribution in [0.4, 0.5) is 0 Å². The molecule has 1 aliphatic heterocycles. The minimum absolute atomic E-state index is 0.179. The van der Waals surface area contributed by atoms with Crippen molar-refractivity contribution in [3.05, 3.63) is 0 Å². The van der Waals surface area contributed by atoms with Crippen LogP contribution in [0, 0.1) is 5.92 Å². The highest BCUT2D eigenvalue weighted by molar-refractivity contribution is 5.82. The molecule has 0 aromatic carbocycles. The first-order valence-electron chi connectivity index (χ1n) is 6.11. The maximum atomic E-state index is 11.6. The van der Waals surface area contributed by atoms with Gasteiger partial charge in [0.15, 0.2) is 0 Å². The fourth-order valence-corrected chi connectivity index (χ4v) is 1.89. The predicted molar refractivity (Wildman–Crippen MR) is 63.0 cm³/mol. The molecule has 0 bridgehead atoms. The quantitative estimate of drug-likeness (QED) is 0.685. The lowest BCUT2D eigenvalue weighted by Gasteiger charge is -2.34. The fraction of sp³-hybridized carbons (Fsp3) is 0.917. The minimum atomic E-state index is 0.179. The molecule has 0 aromatic rings. The highest BCUT2D eigenvalue weighted by atomic mass is 16.1. The van der Waals surface area contributed by atoms with Crippen molar-refractivity contribution in [1.82, 2.24) is 9.80 Å². The summed E-state index contributed by atoms with van der Waals surface area (Å²) in [6, 6.07) is 0. The van der Waals surface area contributed by atoms with Gasteiger partial charge in [-0.25, -0.2) is 0 Å². The number of piperazine rings is 1. The topological polar surface area (TPSA) is 23.6 Å². The second-order valence-electron chi connectivity index (χ2n) is 4.74. The number of hydrogen-bond acceptors (Lipinski definition) is 3. The summed E-state index contributed by atoms with van der Waals surface area (Å²) in [5.41, 5.74) is 0. The lowest BCUT2D eigenvalue weighted by Crippen LogP contribution is -2.48. The van der Waals surface area contributed by atoms with Crippen molar-refractivity contribution in [2.75, 3.05) is 39.3 Å². The van der Waals surface area contributed by atoms with E-state index in [1.165, 1.54) is 13.0 Å². The summed E-state index contributed by atoms with van der Waals surface area (Å²) in [6.45, 7) is 12.4. The number of carbonyl (C=O) groups is 1. The van der Waals surface area contributed by atoms with E-state index in [-0.39, 0.29) is 5.92 Å². The molecule has 3 heteroatoms. The molecule has 3 nitrogen and oxygen atoms in total. The van der Waals surface area contributed by atoms with Gasteiger partial charge in [-0.3, -0.25) is 9.69 Å². The van der Waals surface area contributed by atoms with E-state index >= 15 is 0 Å². The molecule has 0 spiro atoms. The van der Waals surface area contributed by atoms with Gasteiger partial charge in [0.1, 0.15) is 5.78 Å². The van der Waals surface area contributed by atoms with Crippen molar-refractivity contribution in [1.29, 1.82) is 0 Å². The molecule has 0 amide bonds. The van der Waals surface area contributed by atoms with Gasteiger partial charge in [-0.05, 0) is 13.0 Å². The Kier molecular flexibility index (Phi) is 5.26. The molecule has 0 atom stereocenters. The Morgan fingerprint density at radius 3 is 2.13 bits per heavy atom. The summed E-state index contributed by atoms with van der Waals surface area (Å²) in [7, 11) is 0. The van der Waals surface area contributed by atoms with E-state index in [0.29, 0.717) is 12.3 Å². The van der Waals surface area contributed by atoms with Crippen LogP contribution < -0.4 is 0 Å². The van der Waals surface area contributed by atoms with Crippen molar-refractivity contribution < 1.29 is 4.79 Å². The normalized spacial score (nSPS) is 19.7. The first kappa shape index (κ1) is 12.7. The van der Waals surface area contributed by atoms with E-state index in [2.05, 4.69) is 16.7 Å². The van der Waals surface area contributed by atoms with E-state index in [4.69, 9.17) is 0 Å². The molecular formula is C12H24N2O. The molecule has 0 radical (unpaired) electrons. The molecule has 0 aliphatic carbocycles. The summed E-state index contributed by atoms with van der Waals surface area (Å²) in [5.74, 6) is 0.553. The molecule has 0 N–H and O–H groups in total. The van der Waals surface area contributed by atoms with Crippen molar-refractivity contribution in [2.45, 2.75) is 27.2 Å². The minimum Gasteiger partial charge on any atom is -0.301 e. The van der Waals surface area contributed by atoms with Crippen LogP contribution >= 0.6 is 0 Å². The van der Waals surface area contributed by atoms with Crippen LogP contribution in [0.15, 0.2) is 0 Å². The smallest absolute Gasteiger partial charge is 0.149 e. The molecule has 0 aromatic heterocycles. The van der Waals surface area contributed by atoms with Gasteiger partial charge in [-0.1, -0.05) is 20.8 Å². The van der Waals surface area contributed by atoms with Gasteiger partial charge < -0.3 is 4.90 Å². The zero-order chi connectivity index (χ0) is 11.3. The summed E-state index contributed by atoms with van der Waals surface area (Å²) in [5, 5.41) is 0. The standard InChI is InChI=1S/C12H24N2O/c1-4-5-13-6-8-14(9-7-13)10-12(15)11(2)3/h11H,4-10H2,1-3H3. The van der Waals surface area contributed by atoms with Gasteiger partial charge in [-0.2, -0.15) is 0 Å². The van der Waals surface area contributed by atoms with Crippen molar-refractivity contribution in [3.8, 4) is 0 Å². The molecule has 1 fully saturated rings. The van der Waals surface area contributed by atoms with Gasteiger partial charge in [0.25, 0.3) is 0 Å². The van der Waals surface area contributed by atoms with Crippen LogP contribution in [0.2, 0.25) is 0 Å². The largest absolute Gasteiger partial charge is 0.301 e. The van der Waals surface area contributed by atoms with Gasteiger partial charge >= 0.3 is 0 Å². The molecule has 88 valence electrons. The van der Waals surface area contributed by atoms with Crippen LogP contribution in [0.3, 0.4) is 0 Å². The van der Waals surface area contributed by atoms with Gasteiger partial charge in [-0.15, -0.1) is 0 Å². The second-order valence-corrected chi connectivity index (χ2v) is 4.74. The molecule has 1 aliphatic rings. The Morgan fingerprint density at radius 2 is 1.67 bits per heavy atom. The average molecular weight is 212 g/mol. The second kappa shape index (κ2) is 6.23. The highest BCUT2D eigenvalue weighted by Crippen LogP contribution is 2.04. The maximum Gasteiger partial charge on any atom is 0.149 e. The summed E-state index contributed by atoms with van der Waals surface area (Å²) >= 11 is 0. The van der Waals surface area contributed by atoms with Crippen LogP contribution in [0.1, 0.15) is 27.2 Å². The zero-order valence-corrected chi connectivity index (χ0v) is 10.3. The average Bonchev–Trinajstić information content (AvgIpc) is 2.21. The first-order chi connectivity index (χ1) is 7.13. The Hall–Kier alpha value is -0.410. The van der Waals surface area contributed by atoms with Gasteiger partial charge in [0.05, 0.1) is 6.54 Å². The maximum absolute atomic E-state index is 11.6. The molecular weight excluding hydrogens is 188 g/mol. The number of carbonyl (C=O) groups excluding carboxylic acids is 1. The summed E-state index contributed by atoms with van der Waals surface area (Å²) < 4.78 is 0.